The van der Waals surface area contributed by atoms with E-state index in [1.54, 1.807) is 0 Å². The maximum Gasteiger partial charge on any atom is 0.00733 e. The predicted molar refractivity (Wildman–Crippen MR) is 49.6 cm³/mol. The van der Waals surface area contributed by atoms with E-state index in [1.165, 1.54) is 12.8 Å². The Hall–Kier alpha value is -0.0100. The molecular weight excluding hydrogens is 146 g/mol. The first-order valence-electron chi connectivity index (χ1n) is 3.67. The standard InChI is InChI=1S/C8H17N.ClH/c1-3-5-7-8(9)6-4-2;/h4,8H,2-3,5-7,9H2,1H3;1H. The summed E-state index contributed by atoms with van der Waals surface area (Å²) < 4.78 is 0. The highest BCUT2D eigenvalue weighted by molar-refractivity contribution is 5.85. The molecule has 0 aromatic carbocycles. The van der Waals surface area contributed by atoms with Crippen molar-refractivity contribution >= 4 is 12.4 Å². The van der Waals surface area contributed by atoms with Crippen LogP contribution in [-0.2, 0) is 0 Å². The summed E-state index contributed by atoms with van der Waals surface area (Å²) in [6, 6.07) is 0.349. The van der Waals surface area contributed by atoms with Crippen LogP contribution in [0.3, 0.4) is 0 Å². The highest BCUT2D eigenvalue weighted by atomic mass is 35.5. The molecule has 0 amide bonds. The Labute approximate surface area is 70.1 Å². The van der Waals surface area contributed by atoms with E-state index in [4.69, 9.17) is 5.73 Å². The molecule has 0 radical (unpaired) electrons. The molecule has 1 atom stereocenters. The van der Waals surface area contributed by atoms with Gasteiger partial charge in [-0.2, -0.15) is 0 Å². The number of halogens is 1. The first-order chi connectivity index (χ1) is 4.31. The molecule has 0 rings (SSSR count). The lowest BCUT2D eigenvalue weighted by atomic mass is 10.1. The Morgan fingerprint density at radius 1 is 1.60 bits per heavy atom. The maximum absolute atomic E-state index is 5.70. The van der Waals surface area contributed by atoms with Crippen molar-refractivity contribution in [3.05, 3.63) is 12.7 Å². The summed E-state index contributed by atoms with van der Waals surface area (Å²) >= 11 is 0. The summed E-state index contributed by atoms with van der Waals surface area (Å²) in [5.41, 5.74) is 5.70. The van der Waals surface area contributed by atoms with Gasteiger partial charge in [-0.3, -0.25) is 0 Å². The van der Waals surface area contributed by atoms with Gasteiger partial charge in [-0.25, -0.2) is 0 Å². The Kier molecular flexibility index (Phi) is 11.4. The van der Waals surface area contributed by atoms with Crippen LogP contribution in [0.15, 0.2) is 12.7 Å². The van der Waals surface area contributed by atoms with Crippen molar-refractivity contribution in [1.29, 1.82) is 0 Å². The molecule has 0 spiro atoms. The second-order valence-electron chi connectivity index (χ2n) is 2.43. The molecule has 2 heteroatoms. The molecule has 0 saturated heterocycles. The van der Waals surface area contributed by atoms with Gasteiger partial charge in [0.25, 0.3) is 0 Å². The molecule has 62 valence electrons. The van der Waals surface area contributed by atoms with E-state index in [9.17, 15) is 0 Å². The monoisotopic (exact) mass is 163 g/mol. The van der Waals surface area contributed by atoms with Crippen LogP contribution in [0.2, 0.25) is 0 Å². The molecule has 0 fully saturated rings. The molecule has 0 aromatic rings. The largest absolute Gasteiger partial charge is 0.327 e. The van der Waals surface area contributed by atoms with Crippen LogP contribution >= 0.6 is 12.4 Å². The first kappa shape index (κ1) is 12.6. The topological polar surface area (TPSA) is 26.0 Å². The fourth-order valence-electron chi connectivity index (χ4n) is 0.798. The molecule has 0 heterocycles. The van der Waals surface area contributed by atoms with E-state index in [-0.39, 0.29) is 12.4 Å². The molecule has 0 aliphatic carbocycles. The second-order valence-corrected chi connectivity index (χ2v) is 2.43. The maximum atomic E-state index is 5.70. The van der Waals surface area contributed by atoms with Gasteiger partial charge < -0.3 is 5.73 Å². The van der Waals surface area contributed by atoms with Gasteiger partial charge in [0.15, 0.2) is 0 Å². The number of rotatable bonds is 5. The van der Waals surface area contributed by atoms with Gasteiger partial charge >= 0.3 is 0 Å². The van der Waals surface area contributed by atoms with Crippen molar-refractivity contribution in [1.82, 2.24) is 0 Å². The van der Waals surface area contributed by atoms with Gasteiger partial charge in [0, 0.05) is 6.04 Å². The number of unbranched alkanes of at least 4 members (excludes halogenated alkanes) is 1. The lowest BCUT2D eigenvalue weighted by molar-refractivity contribution is 0.582. The smallest absolute Gasteiger partial charge is 0.00733 e. The third kappa shape index (κ3) is 7.99. The highest BCUT2D eigenvalue weighted by Gasteiger charge is 1.96. The molecule has 0 aromatic heterocycles. The number of nitrogens with two attached hydrogens (primary N) is 1. The molecule has 2 N–H and O–H groups in total. The van der Waals surface area contributed by atoms with Crippen molar-refractivity contribution in [2.75, 3.05) is 0 Å². The van der Waals surface area contributed by atoms with Gasteiger partial charge in [-0.1, -0.05) is 25.8 Å². The normalized spacial score (nSPS) is 11.8. The van der Waals surface area contributed by atoms with E-state index in [0.717, 1.165) is 12.8 Å². The van der Waals surface area contributed by atoms with Crippen molar-refractivity contribution in [2.45, 2.75) is 38.6 Å². The molecule has 10 heavy (non-hydrogen) atoms. The van der Waals surface area contributed by atoms with Crippen molar-refractivity contribution in [2.24, 2.45) is 5.73 Å². The lowest BCUT2D eigenvalue weighted by Gasteiger charge is -2.05. The van der Waals surface area contributed by atoms with Crippen LogP contribution in [0.5, 0.6) is 0 Å². The van der Waals surface area contributed by atoms with Gasteiger partial charge in [0.2, 0.25) is 0 Å². The van der Waals surface area contributed by atoms with E-state index in [0.29, 0.717) is 6.04 Å². The van der Waals surface area contributed by atoms with Crippen LogP contribution < -0.4 is 5.73 Å². The van der Waals surface area contributed by atoms with E-state index < -0.39 is 0 Å². The van der Waals surface area contributed by atoms with Crippen LogP contribution in [0.25, 0.3) is 0 Å². The Bertz CT molecular complexity index is 73.7. The zero-order valence-electron chi connectivity index (χ0n) is 6.68. The Morgan fingerprint density at radius 3 is 2.60 bits per heavy atom. The van der Waals surface area contributed by atoms with Gasteiger partial charge in [0.1, 0.15) is 0 Å². The minimum Gasteiger partial charge on any atom is -0.327 e. The molecule has 0 aliphatic heterocycles. The van der Waals surface area contributed by atoms with Crippen LogP contribution in [-0.4, -0.2) is 6.04 Å². The fraction of sp³-hybridized carbons (Fsp3) is 0.750. The lowest BCUT2D eigenvalue weighted by Crippen LogP contribution is -2.18. The molecular formula is C8H18ClN. The minimum atomic E-state index is 0. The molecule has 0 aliphatic rings. The second kappa shape index (κ2) is 8.99. The fourth-order valence-corrected chi connectivity index (χ4v) is 0.798. The molecule has 0 bridgehead atoms. The molecule has 0 saturated carbocycles. The average molecular weight is 164 g/mol. The van der Waals surface area contributed by atoms with Crippen molar-refractivity contribution in [3.63, 3.8) is 0 Å². The van der Waals surface area contributed by atoms with Gasteiger partial charge in [-0.15, -0.1) is 19.0 Å². The van der Waals surface area contributed by atoms with E-state index in [1.807, 2.05) is 6.08 Å². The van der Waals surface area contributed by atoms with Gasteiger partial charge in [-0.05, 0) is 12.8 Å². The van der Waals surface area contributed by atoms with E-state index in [2.05, 4.69) is 13.5 Å². The number of hydrogen-bond acceptors (Lipinski definition) is 1. The van der Waals surface area contributed by atoms with Gasteiger partial charge in [0.05, 0.1) is 0 Å². The SMILES string of the molecule is C=CCC(N)CCCC.Cl. The third-order valence-electron chi connectivity index (χ3n) is 1.40. The Morgan fingerprint density at radius 2 is 2.20 bits per heavy atom. The average Bonchev–Trinajstić information content (AvgIpc) is 1.85. The summed E-state index contributed by atoms with van der Waals surface area (Å²) in [4.78, 5) is 0. The van der Waals surface area contributed by atoms with Crippen LogP contribution in [0, 0.1) is 0 Å². The summed E-state index contributed by atoms with van der Waals surface area (Å²) in [5, 5.41) is 0. The highest BCUT2D eigenvalue weighted by Crippen LogP contribution is 2.01. The summed E-state index contributed by atoms with van der Waals surface area (Å²) in [6.45, 7) is 5.81. The minimum absolute atomic E-state index is 0. The summed E-state index contributed by atoms with van der Waals surface area (Å²) in [7, 11) is 0. The molecule has 1 nitrogen and oxygen atoms in total. The Balaban J connectivity index is 0. The third-order valence-corrected chi connectivity index (χ3v) is 1.40. The quantitative estimate of drug-likeness (QED) is 0.620. The van der Waals surface area contributed by atoms with Crippen LogP contribution in [0.4, 0.5) is 0 Å². The zero-order chi connectivity index (χ0) is 7.11. The predicted octanol–water partition coefficient (Wildman–Crippen LogP) is 2.50. The molecule has 1 unspecified atom stereocenters. The number of hydrogen-bond donors (Lipinski definition) is 1. The van der Waals surface area contributed by atoms with E-state index >= 15 is 0 Å². The zero-order valence-corrected chi connectivity index (χ0v) is 7.49. The first-order valence-corrected chi connectivity index (χ1v) is 3.67. The summed E-state index contributed by atoms with van der Waals surface area (Å²) in [5.74, 6) is 0. The van der Waals surface area contributed by atoms with Crippen molar-refractivity contribution in [3.8, 4) is 0 Å². The summed E-state index contributed by atoms with van der Waals surface area (Å²) in [6.07, 6.45) is 6.47. The van der Waals surface area contributed by atoms with Crippen molar-refractivity contribution < 1.29 is 0 Å². The van der Waals surface area contributed by atoms with Crippen LogP contribution in [0.1, 0.15) is 32.6 Å².